The quantitative estimate of drug-likeness (QED) is 0.215. The van der Waals surface area contributed by atoms with Crippen LogP contribution in [0.1, 0.15) is 75.3 Å². The minimum Gasteiger partial charge on any atom is -0.475 e. The first-order chi connectivity index (χ1) is 23.6. The van der Waals surface area contributed by atoms with Crippen LogP contribution in [0.4, 0.5) is 26.3 Å². The Balaban J connectivity index is 0.000000543. The molecule has 3 aromatic rings. The molecule has 17 heteroatoms. The normalized spacial score (nSPS) is 17.4. The van der Waals surface area contributed by atoms with Crippen LogP contribution in [0.3, 0.4) is 0 Å². The van der Waals surface area contributed by atoms with E-state index in [2.05, 4.69) is 24.9 Å². The van der Waals surface area contributed by atoms with Crippen molar-refractivity contribution in [3.8, 4) is 17.6 Å². The van der Waals surface area contributed by atoms with Gasteiger partial charge in [-0.25, -0.2) is 14.6 Å². The highest BCUT2D eigenvalue weighted by molar-refractivity contribution is 5.88. The van der Waals surface area contributed by atoms with E-state index in [1.807, 2.05) is 59.8 Å². The number of nitrogens with zero attached hydrogens (tertiary/aromatic N) is 4. The van der Waals surface area contributed by atoms with E-state index in [4.69, 9.17) is 30.3 Å². The van der Waals surface area contributed by atoms with Crippen LogP contribution >= 0.6 is 0 Å². The maximum Gasteiger partial charge on any atom is 0.490 e. The molecule has 0 spiro atoms. The second-order valence-corrected chi connectivity index (χ2v) is 11.8. The number of rotatable bonds is 8. The van der Waals surface area contributed by atoms with E-state index >= 15 is 0 Å². The van der Waals surface area contributed by atoms with Crippen molar-refractivity contribution in [3.63, 3.8) is 0 Å². The predicted molar refractivity (Wildman–Crippen MR) is 172 cm³/mol. The van der Waals surface area contributed by atoms with Crippen molar-refractivity contribution < 1.29 is 55.7 Å². The lowest BCUT2D eigenvalue weighted by molar-refractivity contribution is -0.193. The molecule has 1 fully saturated rings. The molecular formula is C34H39F6N5O6. The van der Waals surface area contributed by atoms with Gasteiger partial charge in [0.15, 0.2) is 0 Å². The molecule has 1 aromatic heterocycles. The van der Waals surface area contributed by atoms with Gasteiger partial charge in [-0.1, -0.05) is 38.5 Å². The standard InChI is InChI=1S/C30H37N5O2.2C2HF3O2/c1-5-15-35-16-8-7-14-30(6-2,28(35)36)24-10-9-11-25(17-24)37-26-18-23(13-12-22(26)19-31)29(3,32)27-20-33-21-34(27)4;2*3-2(4,5)1(6)7/h9-13,17-18,20-21H,5-8,14-16,32H2,1-4H3;2*(H,6,7). The third-order valence-electron chi connectivity index (χ3n) is 8.23. The van der Waals surface area contributed by atoms with Gasteiger partial charge in [-0.15, -0.1) is 0 Å². The number of nitriles is 1. The number of nitrogens with two attached hydrogens (primary N) is 1. The number of ether oxygens (including phenoxy) is 1. The number of likely N-dealkylation sites (tertiary alicyclic amines) is 1. The molecule has 11 nitrogen and oxygen atoms in total. The number of hydrogen-bond acceptors (Lipinski definition) is 7. The second-order valence-electron chi connectivity index (χ2n) is 11.8. The topological polar surface area (TPSA) is 172 Å². The molecule has 2 aromatic carbocycles. The molecule has 0 saturated carbocycles. The molecule has 0 bridgehead atoms. The summed E-state index contributed by atoms with van der Waals surface area (Å²) in [5, 5.41) is 24.0. The van der Waals surface area contributed by atoms with Crippen LogP contribution in [0.25, 0.3) is 0 Å². The number of carboxylic acids is 2. The van der Waals surface area contributed by atoms with Gasteiger partial charge in [0.05, 0.1) is 34.7 Å². The summed E-state index contributed by atoms with van der Waals surface area (Å²) in [6.45, 7) is 7.72. The number of aromatic nitrogens is 2. The van der Waals surface area contributed by atoms with Gasteiger partial charge in [-0.05, 0) is 68.0 Å². The van der Waals surface area contributed by atoms with E-state index in [-0.39, 0.29) is 5.91 Å². The number of aryl methyl sites for hydroxylation is 1. The summed E-state index contributed by atoms with van der Waals surface area (Å²) in [7, 11) is 1.90. The molecule has 2 heterocycles. The first-order valence-electron chi connectivity index (χ1n) is 15.6. The van der Waals surface area contributed by atoms with Crippen molar-refractivity contribution in [1.29, 1.82) is 5.26 Å². The Labute approximate surface area is 290 Å². The summed E-state index contributed by atoms with van der Waals surface area (Å²) in [4.78, 5) is 37.8. The smallest absolute Gasteiger partial charge is 0.475 e. The highest BCUT2D eigenvalue weighted by Crippen LogP contribution is 2.40. The summed E-state index contributed by atoms with van der Waals surface area (Å²) in [6.07, 6.45) is -2.18. The Morgan fingerprint density at radius 2 is 1.65 bits per heavy atom. The van der Waals surface area contributed by atoms with E-state index in [1.165, 1.54) is 0 Å². The fraction of sp³-hybridized carbons (Fsp3) is 0.441. The SMILES string of the molecule is CCCN1CCCCC(CC)(c2cccc(Oc3cc(C(C)(N)c4cncn4C)ccc3C#N)c2)C1=O.O=C(O)C(F)(F)F.O=C(O)C(F)(F)F. The van der Waals surface area contributed by atoms with Crippen molar-refractivity contribution in [3.05, 3.63) is 77.4 Å². The lowest BCUT2D eigenvalue weighted by atomic mass is 9.73. The summed E-state index contributed by atoms with van der Waals surface area (Å²) in [5.74, 6) is -4.28. The average Bonchev–Trinajstić information content (AvgIpc) is 3.43. The number of amides is 1. The molecule has 51 heavy (non-hydrogen) atoms. The lowest BCUT2D eigenvalue weighted by Gasteiger charge is -2.35. The lowest BCUT2D eigenvalue weighted by Crippen LogP contribution is -2.45. The zero-order valence-electron chi connectivity index (χ0n) is 28.3. The van der Waals surface area contributed by atoms with Crippen molar-refractivity contribution in [1.82, 2.24) is 14.5 Å². The fourth-order valence-corrected chi connectivity index (χ4v) is 5.54. The molecular weight excluding hydrogens is 688 g/mol. The van der Waals surface area contributed by atoms with Crippen LogP contribution in [-0.2, 0) is 32.4 Å². The fourth-order valence-electron chi connectivity index (χ4n) is 5.54. The summed E-state index contributed by atoms with van der Waals surface area (Å²) in [6, 6.07) is 15.4. The maximum absolute atomic E-state index is 13.8. The molecule has 1 saturated heterocycles. The summed E-state index contributed by atoms with van der Waals surface area (Å²) in [5.41, 5.74) is 8.37. The van der Waals surface area contributed by atoms with Gasteiger partial charge in [0.1, 0.15) is 17.6 Å². The molecule has 2 atom stereocenters. The van der Waals surface area contributed by atoms with Gasteiger partial charge in [-0.2, -0.15) is 31.6 Å². The van der Waals surface area contributed by atoms with Crippen molar-refractivity contribution in [2.45, 2.75) is 76.2 Å². The van der Waals surface area contributed by atoms with Crippen LogP contribution in [0.15, 0.2) is 55.0 Å². The molecule has 2 unspecified atom stereocenters. The number of halogens is 6. The zero-order valence-corrected chi connectivity index (χ0v) is 28.3. The first-order valence-corrected chi connectivity index (χ1v) is 15.6. The average molecular weight is 728 g/mol. The number of carbonyl (C=O) groups is 3. The molecule has 0 aliphatic carbocycles. The number of carboxylic acid groups (broad SMARTS) is 2. The molecule has 4 N–H and O–H groups in total. The third-order valence-corrected chi connectivity index (χ3v) is 8.23. The highest BCUT2D eigenvalue weighted by atomic mass is 19.4. The Hall–Kier alpha value is -5.11. The van der Waals surface area contributed by atoms with E-state index < -0.39 is 35.2 Å². The van der Waals surface area contributed by atoms with Gasteiger partial charge < -0.3 is 30.2 Å². The number of imidazole rings is 1. The van der Waals surface area contributed by atoms with Gasteiger partial charge in [0.25, 0.3) is 0 Å². The van der Waals surface area contributed by atoms with E-state index in [9.17, 15) is 36.4 Å². The van der Waals surface area contributed by atoms with Gasteiger partial charge >= 0.3 is 24.3 Å². The Morgan fingerprint density at radius 3 is 2.14 bits per heavy atom. The molecule has 4 rings (SSSR count). The van der Waals surface area contributed by atoms with E-state index in [1.54, 1.807) is 18.6 Å². The van der Waals surface area contributed by atoms with Crippen LogP contribution in [0, 0.1) is 11.3 Å². The molecule has 1 aliphatic rings. The predicted octanol–water partition coefficient (Wildman–Crippen LogP) is 6.64. The third kappa shape index (κ3) is 10.7. The Morgan fingerprint density at radius 1 is 1.04 bits per heavy atom. The number of carbonyl (C=O) groups excluding carboxylic acids is 1. The van der Waals surface area contributed by atoms with Crippen LogP contribution in [0.2, 0.25) is 0 Å². The van der Waals surface area contributed by atoms with Crippen LogP contribution in [-0.4, -0.2) is 68.0 Å². The molecule has 0 radical (unpaired) electrons. The van der Waals surface area contributed by atoms with Crippen LogP contribution in [0.5, 0.6) is 11.5 Å². The number of hydrogen-bond donors (Lipinski definition) is 3. The summed E-state index contributed by atoms with van der Waals surface area (Å²) >= 11 is 0. The monoisotopic (exact) mass is 727 g/mol. The van der Waals surface area contributed by atoms with Gasteiger partial charge in [0, 0.05) is 20.1 Å². The van der Waals surface area contributed by atoms with E-state index in [0.29, 0.717) is 17.1 Å². The Kier molecular flexibility index (Phi) is 14.2. The first kappa shape index (κ1) is 42.1. The summed E-state index contributed by atoms with van der Waals surface area (Å²) < 4.78 is 71.7. The zero-order chi connectivity index (χ0) is 38.8. The molecule has 1 amide bonds. The number of aliphatic carboxylic acids is 2. The van der Waals surface area contributed by atoms with Crippen LogP contribution < -0.4 is 10.5 Å². The molecule has 1 aliphatic heterocycles. The van der Waals surface area contributed by atoms with E-state index in [0.717, 1.165) is 62.0 Å². The Bertz CT molecular complexity index is 1690. The number of alkyl halides is 6. The molecule has 278 valence electrons. The minimum absolute atomic E-state index is 0.210. The maximum atomic E-state index is 13.8. The highest BCUT2D eigenvalue weighted by Gasteiger charge is 2.42. The van der Waals surface area contributed by atoms with Crippen molar-refractivity contribution >= 4 is 17.8 Å². The second kappa shape index (κ2) is 17.2. The number of benzene rings is 2. The van der Waals surface area contributed by atoms with Gasteiger partial charge in [0.2, 0.25) is 5.91 Å². The largest absolute Gasteiger partial charge is 0.490 e. The minimum atomic E-state index is -5.08. The van der Waals surface area contributed by atoms with Crippen molar-refractivity contribution in [2.75, 3.05) is 13.1 Å². The van der Waals surface area contributed by atoms with Crippen molar-refractivity contribution in [2.24, 2.45) is 12.8 Å². The van der Waals surface area contributed by atoms with Gasteiger partial charge in [-0.3, -0.25) is 4.79 Å².